The van der Waals surface area contributed by atoms with Crippen molar-refractivity contribution in [2.45, 2.75) is 0 Å². The van der Waals surface area contributed by atoms with Crippen molar-refractivity contribution >= 4 is 0 Å². The van der Waals surface area contributed by atoms with Crippen molar-refractivity contribution in [2.75, 3.05) is 26.3 Å². The topological polar surface area (TPSA) is 12.5 Å². The Kier molecular flexibility index (Phi) is 3.65. The molecule has 0 aromatic carbocycles. The lowest BCUT2D eigenvalue weighted by molar-refractivity contribution is 0.0580. The van der Waals surface area contributed by atoms with E-state index >= 15 is 0 Å². The highest BCUT2D eigenvalue weighted by Crippen LogP contribution is 1.91. The van der Waals surface area contributed by atoms with Gasteiger partial charge in [0.1, 0.15) is 0 Å². The molecule has 1 fully saturated rings. The molecule has 0 aromatic rings. The van der Waals surface area contributed by atoms with Gasteiger partial charge >= 0.3 is 0 Å². The lowest BCUT2D eigenvalue weighted by atomic mass is 10.5. The molecule has 0 unspecified atom stereocenters. The van der Waals surface area contributed by atoms with Crippen molar-refractivity contribution in [2.24, 2.45) is 0 Å². The molecule has 0 amide bonds. The first kappa shape index (κ1) is 7.79. The van der Waals surface area contributed by atoms with Crippen LogP contribution in [-0.2, 0) is 4.74 Å². The van der Waals surface area contributed by atoms with Crippen LogP contribution in [0.1, 0.15) is 0 Å². The van der Waals surface area contributed by atoms with E-state index in [1.54, 1.807) is 0 Å². The Morgan fingerprint density at radius 3 is 2.00 bits per heavy atom. The number of hydrogen-bond donors (Lipinski definition) is 0. The molecule has 1 heterocycles. The summed E-state index contributed by atoms with van der Waals surface area (Å²) in [5, 5.41) is 0. The summed E-state index contributed by atoms with van der Waals surface area (Å²) in [6, 6.07) is 0. The van der Waals surface area contributed by atoms with Crippen molar-refractivity contribution in [1.29, 1.82) is 0 Å². The summed E-state index contributed by atoms with van der Waals surface area (Å²) in [4.78, 5) is 2.02. The third-order valence-electron chi connectivity index (χ3n) is 1.10. The minimum absolute atomic E-state index is 0. The van der Waals surface area contributed by atoms with Gasteiger partial charge in [-0.05, 0) is 13.1 Å². The van der Waals surface area contributed by atoms with Gasteiger partial charge in [0, 0.05) is 7.43 Å². The van der Waals surface area contributed by atoms with Gasteiger partial charge in [-0.25, -0.2) is 0 Å². The van der Waals surface area contributed by atoms with Crippen molar-refractivity contribution in [3.05, 3.63) is 14.5 Å². The summed E-state index contributed by atoms with van der Waals surface area (Å²) in [5.74, 6) is 0. The SMILES string of the molecule is [CH2-]N1CCOCC1.[CH3+]. The van der Waals surface area contributed by atoms with Crippen molar-refractivity contribution in [3.8, 4) is 0 Å². The molecule has 1 rings (SSSR count). The van der Waals surface area contributed by atoms with Gasteiger partial charge in [0.05, 0.1) is 13.2 Å². The quantitative estimate of drug-likeness (QED) is 0.428. The molecule has 0 spiro atoms. The predicted molar refractivity (Wildman–Crippen MR) is 34.2 cm³/mol. The van der Waals surface area contributed by atoms with Crippen LogP contribution in [0.2, 0.25) is 0 Å². The zero-order chi connectivity index (χ0) is 5.11. The summed E-state index contributed by atoms with van der Waals surface area (Å²) >= 11 is 0. The average Bonchev–Trinajstić information content (AvgIpc) is 1.69. The van der Waals surface area contributed by atoms with Gasteiger partial charge in [-0.3, -0.25) is 7.05 Å². The summed E-state index contributed by atoms with van der Waals surface area (Å²) < 4.78 is 5.06. The Balaban J connectivity index is 0.000000490. The summed E-state index contributed by atoms with van der Waals surface area (Å²) in [7, 11) is 3.75. The zero-order valence-corrected chi connectivity index (χ0v) is 5.39. The molecule has 1 aliphatic rings. The fraction of sp³-hybridized carbons (Fsp3) is 0.667. The smallest absolute Gasteiger partial charge is 0.0569 e. The molecule has 0 bridgehead atoms. The number of ether oxygens (including phenoxy) is 1. The highest BCUT2D eigenvalue weighted by Gasteiger charge is 1.96. The van der Waals surface area contributed by atoms with E-state index in [4.69, 9.17) is 4.74 Å². The maximum absolute atomic E-state index is 5.06. The van der Waals surface area contributed by atoms with Gasteiger partial charge in [0.15, 0.2) is 0 Å². The fourth-order valence-electron chi connectivity index (χ4n) is 0.601. The van der Waals surface area contributed by atoms with E-state index in [2.05, 4.69) is 7.05 Å². The van der Waals surface area contributed by atoms with Crippen LogP contribution in [0.4, 0.5) is 0 Å². The van der Waals surface area contributed by atoms with E-state index < -0.39 is 0 Å². The van der Waals surface area contributed by atoms with Crippen LogP contribution >= 0.6 is 0 Å². The van der Waals surface area contributed by atoms with E-state index in [0.717, 1.165) is 26.3 Å². The lowest BCUT2D eigenvalue weighted by Crippen LogP contribution is -2.30. The van der Waals surface area contributed by atoms with E-state index in [1.807, 2.05) is 4.90 Å². The number of hydrogen-bond acceptors (Lipinski definition) is 2. The standard InChI is InChI=1S/C5H10NO.CH3/c1-6-2-4-7-5-3-6;/h1-5H2;1H3/q-1;+1. The first-order valence-electron chi connectivity index (χ1n) is 2.53. The second-order valence-corrected chi connectivity index (χ2v) is 1.73. The molecule has 0 N–H and O–H groups in total. The summed E-state index contributed by atoms with van der Waals surface area (Å²) in [5.41, 5.74) is 0. The summed E-state index contributed by atoms with van der Waals surface area (Å²) in [6.45, 7) is 3.67. The zero-order valence-electron chi connectivity index (χ0n) is 5.39. The van der Waals surface area contributed by atoms with Gasteiger partial charge in [-0.15, -0.1) is 0 Å². The Bertz CT molecular complexity index is 50.5. The molecule has 1 aliphatic heterocycles. The Morgan fingerprint density at radius 1 is 1.25 bits per heavy atom. The molecule has 2 nitrogen and oxygen atoms in total. The van der Waals surface area contributed by atoms with E-state index in [0.29, 0.717) is 0 Å². The molecular formula is C6H13NO. The summed E-state index contributed by atoms with van der Waals surface area (Å²) in [6.07, 6.45) is 0. The molecule has 0 atom stereocenters. The Hall–Kier alpha value is -0.210. The number of nitrogens with zero attached hydrogens (tertiary/aromatic N) is 1. The lowest BCUT2D eigenvalue weighted by Gasteiger charge is -2.28. The number of morpholine rings is 1. The minimum atomic E-state index is 0. The van der Waals surface area contributed by atoms with Crippen molar-refractivity contribution < 1.29 is 4.74 Å². The third-order valence-corrected chi connectivity index (χ3v) is 1.10. The predicted octanol–water partition coefficient (Wildman–Crippen LogP) is 0.560. The largest absolute Gasteiger partial charge is 0.455 e. The molecule has 1 saturated heterocycles. The second kappa shape index (κ2) is 3.75. The fourth-order valence-corrected chi connectivity index (χ4v) is 0.601. The van der Waals surface area contributed by atoms with Crippen LogP contribution in [0, 0.1) is 14.5 Å². The molecule has 2 heteroatoms. The van der Waals surface area contributed by atoms with Gasteiger partial charge in [0.2, 0.25) is 0 Å². The highest BCUT2D eigenvalue weighted by atomic mass is 16.5. The molecule has 0 radical (unpaired) electrons. The maximum atomic E-state index is 5.06. The monoisotopic (exact) mass is 115 g/mol. The van der Waals surface area contributed by atoms with E-state index in [1.165, 1.54) is 0 Å². The molecule has 8 heavy (non-hydrogen) atoms. The Morgan fingerprint density at radius 2 is 1.75 bits per heavy atom. The van der Waals surface area contributed by atoms with E-state index in [-0.39, 0.29) is 7.43 Å². The highest BCUT2D eigenvalue weighted by molar-refractivity contribution is 4.57. The number of rotatable bonds is 0. The first-order chi connectivity index (χ1) is 3.39. The molecule has 0 saturated carbocycles. The second-order valence-electron chi connectivity index (χ2n) is 1.73. The van der Waals surface area contributed by atoms with Crippen molar-refractivity contribution in [3.63, 3.8) is 0 Å². The van der Waals surface area contributed by atoms with Crippen LogP contribution in [0.25, 0.3) is 0 Å². The molecule has 0 aromatic heterocycles. The van der Waals surface area contributed by atoms with E-state index in [9.17, 15) is 0 Å². The first-order valence-corrected chi connectivity index (χ1v) is 2.53. The Labute approximate surface area is 51.4 Å². The average molecular weight is 115 g/mol. The van der Waals surface area contributed by atoms with Gasteiger partial charge in [-0.2, -0.15) is 0 Å². The minimum Gasteiger partial charge on any atom is -0.455 e. The van der Waals surface area contributed by atoms with Gasteiger partial charge < -0.3 is 9.64 Å². The van der Waals surface area contributed by atoms with Crippen LogP contribution < -0.4 is 0 Å². The molecule has 0 aliphatic carbocycles. The van der Waals surface area contributed by atoms with Gasteiger partial charge in [0.25, 0.3) is 0 Å². The maximum Gasteiger partial charge on any atom is 0.0569 e. The molecule has 48 valence electrons. The van der Waals surface area contributed by atoms with Crippen LogP contribution in [0.15, 0.2) is 0 Å². The van der Waals surface area contributed by atoms with Crippen LogP contribution in [-0.4, -0.2) is 31.2 Å². The third kappa shape index (κ3) is 2.19. The van der Waals surface area contributed by atoms with Gasteiger partial charge in [-0.1, -0.05) is 0 Å². The normalized spacial score (nSPS) is 22.1. The molecular weight excluding hydrogens is 102 g/mol. The van der Waals surface area contributed by atoms with Crippen LogP contribution in [0.5, 0.6) is 0 Å². The van der Waals surface area contributed by atoms with Crippen molar-refractivity contribution in [1.82, 2.24) is 4.90 Å². The van der Waals surface area contributed by atoms with Crippen LogP contribution in [0.3, 0.4) is 0 Å².